The molecular formula is C14H13N5OS. The van der Waals surface area contributed by atoms with Gasteiger partial charge in [-0.15, -0.1) is 10.2 Å². The van der Waals surface area contributed by atoms with Crippen LogP contribution in [0.3, 0.4) is 0 Å². The van der Waals surface area contributed by atoms with Gasteiger partial charge >= 0.3 is 0 Å². The zero-order chi connectivity index (χ0) is 14.7. The Kier molecular flexibility index (Phi) is 3.74. The van der Waals surface area contributed by atoms with Crippen molar-refractivity contribution in [3.63, 3.8) is 0 Å². The molecule has 3 rings (SSSR count). The van der Waals surface area contributed by atoms with Gasteiger partial charge in [-0.05, 0) is 22.9 Å². The molecular weight excluding hydrogens is 286 g/mol. The fraction of sp³-hybridized carbons (Fsp3) is 0.0714. The third kappa shape index (κ3) is 3.14. The van der Waals surface area contributed by atoms with Crippen molar-refractivity contribution in [3.05, 3.63) is 48.8 Å². The second-order valence-corrected chi connectivity index (χ2v) is 5.36. The number of aromatic nitrogens is 3. The van der Waals surface area contributed by atoms with Crippen molar-refractivity contribution in [1.82, 2.24) is 14.9 Å². The van der Waals surface area contributed by atoms with Crippen LogP contribution in [0.1, 0.15) is 0 Å². The first-order valence-corrected chi connectivity index (χ1v) is 7.27. The van der Waals surface area contributed by atoms with Gasteiger partial charge in [0.2, 0.25) is 11.1 Å². The first-order chi connectivity index (χ1) is 10.2. The Hall–Kier alpha value is -2.54. The standard InChI is InChI=1S/C14H13N5OS/c15-19-9-16-18-14(19)21-8-13(20)17-12-6-5-10-3-1-2-4-11(10)7-12/h1-7,9H,8,15H2,(H,17,20). The molecule has 0 aliphatic rings. The van der Waals surface area contributed by atoms with Gasteiger partial charge in [0.25, 0.3) is 0 Å². The molecule has 0 aliphatic carbocycles. The Morgan fingerprint density at radius 2 is 2.05 bits per heavy atom. The summed E-state index contributed by atoms with van der Waals surface area (Å²) in [6.07, 6.45) is 1.39. The van der Waals surface area contributed by atoms with E-state index >= 15 is 0 Å². The minimum atomic E-state index is -0.113. The number of carbonyl (C=O) groups excluding carboxylic acids is 1. The van der Waals surface area contributed by atoms with Crippen LogP contribution in [0.15, 0.2) is 53.9 Å². The number of nitrogens with two attached hydrogens (primary N) is 1. The quantitative estimate of drug-likeness (QED) is 0.567. The monoisotopic (exact) mass is 299 g/mol. The smallest absolute Gasteiger partial charge is 0.234 e. The summed E-state index contributed by atoms with van der Waals surface area (Å²) in [4.78, 5) is 11.9. The topological polar surface area (TPSA) is 85.8 Å². The van der Waals surface area contributed by atoms with Crippen LogP contribution in [0.25, 0.3) is 10.8 Å². The Bertz CT molecular complexity index is 786. The Morgan fingerprint density at radius 3 is 2.81 bits per heavy atom. The molecule has 0 saturated heterocycles. The van der Waals surface area contributed by atoms with Crippen molar-refractivity contribution in [2.24, 2.45) is 0 Å². The van der Waals surface area contributed by atoms with E-state index in [1.165, 1.54) is 22.8 Å². The van der Waals surface area contributed by atoms with Gasteiger partial charge in [0.15, 0.2) is 0 Å². The van der Waals surface area contributed by atoms with Crippen molar-refractivity contribution in [3.8, 4) is 0 Å². The van der Waals surface area contributed by atoms with E-state index in [-0.39, 0.29) is 11.7 Å². The molecule has 21 heavy (non-hydrogen) atoms. The first-order valence-electron chi connectivity index (χ1n) is 6.29. The lowest BCUT2D eigenvalue weighted by molar-refractivity contribution is -0.113. The molecule has 0 aliphatic heterocycles. The van der Waals surface area contributed by atoms with E-state index in [4.69, 9.17) is 5.84 Å². The zero-order valence-electron chi connectivity index (χ0n) is 11.1. The van der Waals surface area contributed by atoms with Crippen LogP contribution < -0.4 is 11.2 Å². The molecule has 0 bridgehead atoms. The van der Waals surface area contributed by atoms with Crippen molar-refractivity contribution in [1.29, 1.82) is 0 Å². The van der Waals surface area contributed by atoms with Gasteiger partial charge in [0, 0.05) is 5.69 Å². The molecule has 106 valence electrons. The van der Waals surface area contributed by atoms with E-state index in [1.807, 2.05) is 42.5 Å². The van der Waals surface area contributed by atoms with Crippen LogP contribution in [0.4, 0.5) is 5.69 Å². The number of rotatable bonds is 4. The maximum atomic E-state index is 11.9. The number of hydrogen-bond donors (Lipinski definition) is 2. The summed E-state index contributed by atoms with van der Waals surface area (Å²) in [5.74, 6) is 5.69. The average molecular weight is 299 g/mol. The van der Waals surface area contributed by atoms with Crippen LogP contribution >= 0.6 is 11.8 Å². The molecule has 1 heterocycles. The Balaban J connectivity index is 1.64. The van der Waals surface area contributed by atoms with Crippen molar-refractivity contribution in [2.45, 2.75) is 5.16 Å². The predicted molar refractivity (Wildman–Crippen MR) is 83.5 cm³/mol. The van der Waals surface area contributed by atoms with Crippen LogP contribution in [-0.4, -0.2) is 26.5 Å². The lowest BCUT2D eigenvalue weighted by Crippen LogP contribution is -2.15. The number of fused-ring (bicyclic) bond motifs is 1. The highest BCUT2D eigenvalue weighted by molar-refractivity contribution is 7.99. The van der Waals surface area contributed by atoms with Gasteiger partial charge in [0.1, 0.15) is 6.33 Å². The van der Waals surface area contributed by atoms with Gasteiger partial charge in [-0.2, -0.15) is 0 Å². The molecule has 3 N–H and O–H groups in total. The fourth-order valence-electron chi connectivity index (χ4n) is 1.93. The highest BCUT2D eigenvalue weighted by atomic mass is 32.2. The van der Waals surface area contributed by atoms with E-state index in [9.17, 15) is 4.79 Å². The van der Waals surface area contributed by atoms with E-state index in [0.29, 0.717) is 5.16 Å². The van der Waals surface area contributed by atoms with E-state index in [1.54, 1.807) is 0 Å². The van der Waals surface area contributed by atoms with Crippen LogP contribution in [0.5, 0.6) is 0 Å². The molecule has 6 nitrogen and oxygen atoms in total. The van der Waals surface area contributed by atoms with Crippen molar-refractivity contribution in [2.75, 3.05) is 16.9 Å². The van der Waals surface area contributed by atoms with E-state index in [2.05, 4.69) is 15.5 Å². The number of thioether (sulfide) groups is 1. The molecule has 0 radical (unpaired) electrons. The summed E-state index contributed by atoms with van der Waals surface area (Å²) in [6, 6.07) is 13.8. The van der Waals surface area contributed by atoms with Crippen LogP contribution in [-0.2, 0) is 4.79 Å². The summed E-state index contributed by atoms with van der Waals surface area (Å²) in [7, 11) is 0. The zero-order valence-corrected chi connectivity index (χ0v) is 11.9. The summed E-state index contributed by atoms with van der Waals surface area (Å²) < 4.78 is 1.29. The molecule has 0 unspecified atom stereocenters. The maximum Gasteiger partial charge on any atom is 0.234 e. The molecule has 0 atom stereocenters. The van der Waals surface area contributed by atoms with Crippen molar-refractivity contribution < 1.29 is 4.79 Å². The molecule has 7 heteroatoms. The molecule has 3 aromatic rings. The average Bonchev–Trinajstić information content (AvgIpc) is 2.90. The van der Waals surface area contributed by atoms with Gasteiger partial charge in [-0.3, -0.25) is 4.79 Å². The van der Waals surface area contributed by atoms with Gasteiger partial charge in [-0.1, -0.05) is 42.1 Å². The predicted octanol–water partition coefficient (Wildman–Crippen LogP) is 1.88. The number of nitrogens with zero attached hydrogens (tertiary/aromatic N) is 3. The molecule has 0 fully saturated rings. The molecule has 2 aromatic carbocycles. The third-order valence-corrected chi connectivity index (χ3v) is 3.86. The third-order valence-electron chi connectivity index (χ3n) is 2.91. The minimum Gasteiger partial charge on any atom is -0.336 e. The Labute approximate surface area is 125 Å². The normalized spacial score (nSPS) is 10.7. The van der Waals surface area contributed by atoms with Gasteiger partial charge in [0.05, 0.1) is 5.75 Å². The minimum absolute atomic E-state index is 0.113. The largest absolute Gasteiger partial charge is 0.336 e. The second-order valence-electron chi connectivity index (χ2n) is 4.42. The lowest BCUT2D eigenvalue weighted by Gasteiger charge is -2.06. The maximum absolute atomic E-state index is 11.9. The van der Waals surface area contributed by atoms with Gasteiger partial charge < -0.3 is 11.2 Å². The number of amides is 1. The fourth-order valence-corrected chi connectivity index (χ4v) is 2.56. The second kappa shape index (κ2) is 5.84. The molecule has 0 spiro atoms. The summed E-state index contributed by atoms with van der Waals surface area (Å²) in [5, 5.41) is 13.0. The van der Waals surface area contributed by atoms with Crippen molar-refractivity contribution >= 4 is 34.1 Å². The molecule has 0 saturated carbocycles. The van der Waals surface area contributed by atoms with Gasteiger partial charge in [-0.25, -0.2) is 4.68 Å². The lowest BCUT2D eigenvalue weighted by atomic mass is 10.1. The highest BCUT2D eigenvalue weighted by Gasteiger charge is 2.08. The number of anilines is 1. The SMILES string of the molecule is Nn1cnnc1SCC(=O)Nc1ccc2ccccc2c1. The summed E-state index contributed by atoms with van der Waals surface area (Å²) in [5.41, 5.74) is 0.772. The number of carbonyl (C=O) groups is 1. The highest BCUT2D eigenvalue weighted by Crippen LogP contribution is 2.19. The number of hydrogen-bond acceptors (Lipinski definition) is 5. The van der Waals surface area contributed by atoms with Crippen LogP contribution in [0.2, 0.25) is 0 Å². The Morgan fingerprint density at radius 1 is 1.24 bits per heavy atom. The number of nitrogens with one attached hydrogen (secondary N) is 1. The van der Waals surface area contributed by atoms with E-state index in [0.717, 1.165) is 16.5 Å². The summed E-state index contributed by atoms with van der Waals surface area (Å²) >= 11 is 1.24. The summed E-state index contributed by atoms with van der Waals surface area (Å²) in [6.45, 7) is 0. The molecule has 1 amide bonds. The first kappa shape index (κ1) is 13.4. The van der Waals surface area contributed by atoms with Crippen LogP contribution in [0, 0.1) is 0 Å². The number of benzene rings is 2. The van der Waals surface area contributed by atoms with E-state index < -0.39 is 0 Å². The number of nitrogen functional groups attached to an aromatic ring is 1. The molecule has 1 aromatic heterocycles.